The summed E-state index contributed by atoms with van der Waals surface area (Å²) in [6.45, 7) is 7.72. The Morgan fingerprint density at radius 1 is 1.06 bits per heavy atom. The molecule has 0 saturated carbocycles. The first-order valence-electron chi connectivity index (χ1n) is 11.6. The first kappa shape index (κ1) is 24.2. The molecule has 0 radical (unpaired) electrons. The van der Waals surface area contributed by atoms with E-state index in [1.807, 2.05) is 43.3 Å². The van der Waals surface area contributed by atoms with Crippen LogP contribution in [0.3, 0.4) is 0 Å². The van der Waals surface area contributed by atoms with Crippen LogP contribution >= 0.6 is 11.6 Å². The molecule has 34 heavy (non-hydrogen) atoms. The molecule has 8 nitrogen and oxygen atoms in total. The highest BCUT2D eigenvalue weighted by Gasteiger charge is 2.44. The lowest BCUT2D eigenvalue weighted by Gasteiger charge is -2.36. The maximum Gasteiger partial charge on any atom is 0.415 e. The highest BCUT2D eigenvalue weighted by molar-refractivity contribution is 6.30. The molecule has 0 spiro atoms. The van der Waals surface area contributed by atoms with Crippen LogP contribution in [-0.2, 0) is 9.47 Å². The van der Waals surface area contributed by atoms with Crippen LogP contribution in [-0.4, -0.2) is 74.0 Å². The van der Waals surface area contributed by atoms with Crippen molar-refractivity contribution in [2.45, 2.75) is 26.0 Å². The Kier molecular flexibility index (Phi) is 7.80. The lowest BCUT2D eigenvalue weighted by atomic mass is 9.99. The van der Waals surface area contributed by atoms with E-state index in [1.165, 1.54) is 0 Å². The predicted molar refractivity (Wildman–Crippen MR) is 130 cm³/mol. The number of carbonyl (C=O) groups excluding carboxylic acids is 2. The van der Waals surface area contributed by atoms with Crippen molar-refractivity contribution in [3.05, 3.63) is 59.1 Å². The molecule has 2 aromatic rings. The van der Waals surface area contributed by atoms with Crippen molar-refractivity contribution in [2.24, 2.45) is 0 Å². The number of piperazine rings is 1. The molecule has 2 aliphatic heterocycles. The summed E-state index contributed by atoms with van der Waals surface area (Å²) in [7, 11) is 0. The maximum absolute atomic E-state index is 13.1. The molecule has 2 amide bonds. The number of hydrogen-bond donors (Lipinski definition) is 0. The molecule has 2 heterocycles. The minimum atomic E-state index is -0.399. The third-order valence-electron chi connectivity index (χ3n) is 6.03. The topological polar surface area (TPSA) is 71.6 Å². The van der Waals surface area contributed by atoms with E-state index in [1.54, 1.807) is 28.9 Å². The summed E-state index contributed by atoms with van der Waals surface area (Å²) in [6.07, 6.45) is -1.08. The minimum absolute atomic E-state index is 0.283. The van der Waals surface area contributed by atoms with Gasteiger partial charge >= 0.3 is 12.2 Å². The second kappa shape index (κ2) is 11.0. The molecule has 0 bridgehead atoms. The summed E-state index contributed by atoms with van der Waals surface area (Å²) in [4.78, 5) is 30.7. The average molecular weight is 488 g/mol. The van der Waals surface area contributed by atoms with Crippen LogP contribution in [0.1, 0.15) is 25.5 Å². The molecule has 182 valence electrons. The SMILES string of the molecule is CCOC(=O)N1CCN(C[C@@H]2OC(=O)N(c3ccc(Cl)cc3)[C@H]2c2cccc(OCC)c2)CC1. The Labute approximate surface area is 204 Å². The van der Waals surface area contributed by atoms with E-state index in [9.17, 15) is 9.59 Å². The van der Waals surface area contributed by atoms with Gasteiger partial charge in [0.2, 0.25) is 0 Å². The number of benzene rings is 2. The molecule has 0 aromatic heterocycles. The highest BCUT2D eigenvalue weighted by atomic mass is 35.5. The normalized spacial score (nSPS) is 20.9. The van der Waals surface area contributed by atoms with Gasteiger partial charge in [0.25, 0.3) is 0 Å². The molecule has 2 aliphatic rings. The number of amides is 2. The van der Waals surface area contributed by atoms with Gasteiger partial charge in [0.1, 0.15) is 17.9 Å². The Balaban J connectivity index is 1.56. The van der Waals surface area contributed by atoms with Gasteiger partial charge in [-0.1, -0.05) is 23.7 Å². The fourth-order valence-electron chi connectivity index (χ4n) is 4.44. The summed E-state index contributed by atoms with van der Waals surface area (Å²) in [5.74, 6) is 0.747. The smallest absolute Gasteiger partial charge is 0.415 e. The summed E-state index contributed by atoms with van der Waals surface area (Å²) in [5.41, 5.74) is 1.65. The van der Waals surface area contributed by atoms with E-state index >= 15 is 0 Å². The Morgan fingerprint density at radius 2 is 1.79 bits per heavy atom. The zero-order valence-corrected chi connectivity index (χ0v) is 20.2. The summed E-state index contributed by atoms with van der Waals surface area (Å²) >= 11 is 6.08. The number of cyclic esters (lactones) is 1. The molecule has 2 saturated heterocycles. The number of nitrogens with zero attached hydrogens (tertiary/aromatic N) is 3. The Morgan fingerprint density at radius 3 is 2.47 bits per heavy atom. The second-order valence-electron chi connectivity index (χ2n) is 8.21. The van der Waals surface area contributed by atoms with Gasteiger partial charge < -0.3 is 19.1 Å². The quantitative estimate of drug-likeness (QED) is 0.569. The Hall–Kier alpha value is -2.97. The molecule has 2 aromatic carbocycles. The molecule has 2 atom stereocenters. The van der Waals surface area contributed by atoms with Crippen molar-refractivity contribution in [2.75, 3.05) is 50.8 Å². The van der Waals surface area contributed by atoms with Crippen LogP contribution in [0, 0.1) is 0 Å². The number of halogens is 1. The number of carbonyl (C=O) groups is 2. The van der Waals surface area contributed by atoms with Crippen molar-refractivity contribution >= 4 is 29.5 Å². The minimum Gasteiger partial charge on any atom is -0.494 e. The molecule has 0 aliphatic carbocycles. The first-order chi connectivity index (χ1) is 16.5. The van der Waals surface area contributed by atoms with Gasteiger partial charge in [-0.05, 0) is 55.8 Å². The fraction of sp³-hybridized carbons (Fsp3) is 0.440. The van der Waals surface area contributed by atoms with E-state index in [-0.39, 0.29) is 12.1 Å². The van der Waals surface area contributed by atoms with E-state index in [0.717, 1.165) is 17.0 Å². The zero-order valence-electron chi connectivity index (χ0n) is 19.5. The second-order valence-corrected chi connectivity index (χ2v) is 8.64. The monoisotopic (exact) mass is 487 g/mol. The van der Waals surface area contributed by atoms with Crippen molar-refractivity contribution < 1.29 is 23.8 Å². The molecule has 0 N–H and O–H groups in total. The van der Waals surface area contributed by atoms with E-state index in [4.69, 9.17) is 25.8 Å². The first-order valence-corrected chi connectivity index (χ1v) is 12.0. The molecule has 0 unspecified atom stereocenters. The van der Waals surface area contributed by atoms with E-state index in [2.05, 4.69) is 4.90 Å². The number of ether oxygens (including phenoxy) is 3. The molecular formula is C25H30ClN3O5. The van der Waals surface area contributed by atoms with Gasteiger partial charge in [-0.15, -0.1) is 0 Å². The van der Waals surface area contributed by atoms with Gasteiger partial charge in [0.05, 0.1) is 13.2 Å². The third kappa shape index (κ3) is 5.39. The van der Waals surface area contributed by atoms with Crippen LogP contribution in [0.5, 0.6) is 5.75 Å². The van der Waals surface area contributed by atoms with Gasteiger partial charge in [-0.25, -0.2) is 9.59 Å². The number of anilines is 1. The van der Waals surface area contributed by atoms with E-state index in [0.29, 0.717) is 51.0 Å². The number of rotatable bonds is 7. The van der Waals surface area contributed by atoms with E-state index < -0.39 is 12.2 Å². The Bertz CT molecular complexity index is 994. The van der Waals surface area contributed by atoms with Crippen molar-refractivity contribution in [3.63, 3.8) is 0 Å². The fourth-order valence-corrected chi connectivity index (χ4v) is 4.56. The van der Waals surface area contributed by atoms with Crippen molar-refractivity contribution in [1.29, 1.82) is 0 Å². The van der Waals surface area contributed by atoms with Crippen LogP contribution in [0.25, 0.3) is 0 Å². The molecule has 4 rings (SSSR count). The lowest BCUT2D eigenvalue weighted by Crippen LogP contribution is -2.51. The standard InChI is InChI=1S/C25H30ClN3O5/c1-3-32-21-7-5-6-18(16-21)23-22(17-27-12-14-28(15-13-27)24(30)33-4-2)34-25(31)29(23)20-10-8-19(26)9-11-20/h5-11,16,22-23H,3-4,12-15,17H2,1-2H3/t22-,23-/m0/s1. The summed E-state index contributed by atoms with van der Waals surface area (Å²) < 4.78 is 16.7. The maximum atomic E-state index is 13.1. The summed E-state index contributed by atoms with van der Waals surface area (Å²) in [6, 6.07) is 14.6. The van der Waals surface area contributed by atoms with Gasteiger partial charge in [0.15, 0.2) is 0 Å². The largest absolute Gasteiger partial charge is 0.494 e. The van der Waals surface area contributed by atoms with Crippen LogP contribution in [0.2, 0.25) is 5.02 Å². The van der Waals surface area contributed by atoms with Crippen molar-refractivity contribution in [1.82, 2.24) is 9.80 Å². The highest BCUT2D eigenvalue weighted by Crippen LogP contribution is 2.39. The van der Waals surface area contributed by atoms with Crippen LogP contribution < -0.4 is 9.64 Å². The van der Waals surface area contributed by atoms with Crippen LogP contribution in [0.15, 0.2) is 48.5 Å². The van der Waals surface area contributed by atoms with Crippen LogP contribution in [0.4, 0.5) is 15.3 Å². The molecular weight excluding hydrogens is 458 g/mol. The predicted octanol–water partition coefficient (Wildman–Crippen LogP) is 4.58. The average Bonchev–Trinajstić information content (AvgIpc) is 3.16. The van der Waals surface area contributed by atoms with Crippen molar-refractivity contribution in [3.8, 4) is 5.75 Å². The third-order valence-corrected chi connectivity index (χ3v) is 6.28. The molecule has 9 heteroatoms. The molecule has 2 fully saturated rings. The zero-order chi connectivity index (χ0) is 24.1. The lowest BCUT2D eigenvalue weighted by molar-refractivity contribution is 0.0561. The number of hydrogen-bond acceptors (Lipinski definition) is 6. The van der Waals surface area contributed by atoms with Gasteiger partial charge in [0, 0.05) is 43.4 Å². The van der Waals surface area contributed by atoms with Gasteiger partial charge in [-0.3, -0.25) is 9.80 Å². The summed E-state index contributed by atoms with van der Waals surface area (Å²) in [5, 5.41) is 0.599. The van der Waals surface area contributed by atoms with Gasteiger partial charge in [-0.2, -0.15) is 0 Å².